The van der Waals surface area contributed by atoms with Crippen LogP contribution in [0.4, 0.5) is 8.78 Å². The summed E-state index contributed by atoms with van der Waals surface area (Å²) < 4.78 is 25.8. The van der Waals surface area contributed by atoms with Crippen LogP contribution in [0.15, 0.2) is 18.2 Å². The van der Waals surface area contributed by atoms with Crippen molar-refractivity contribution in [1.82, 2.24) is 5.32 Å². The van der Waals surface area contributed by atoms with Gasteiger partial charge in [0.05, 0.1) is 5.56 Å². The van der Waals surface area contributed by atoms with Crippen molar-refractivity contribution in [2.75, 3.05) is 6.61 Å². The van der Waals surface area contributed by atoms with Gasteiger partial charge in [0, 0.05) is 18.7 Å². The first-order chi connectivity index (χ1) is 7.54. The molecular formula is C11H13F2NO2. The predicted octanol–water partition coefficient (Wildman–Crippen LogP) is 1.47. The monoisotopic (exact) mass is 229 g/mol. The Hall–Kier alpha value is -1.49. The lowest BCUT2D eigenvalue weighted by molar-refractivity contribution is 0.0930. The molecule has 0 aromatic heterocycles. The Balaban J connectivity index is 2.73. The number of nitrogens with one attached hydrogen (secondary N) is 1. The molecule has 0 spiro atoms. The molecule has 0 radical (unpaired) electrons. The van der Waals surface area contributed by atoms with Crippen LogP contribution in [-0.2, 0) is 0 Å². The molecule has 16 heavy (non-hydrogen) atoms. The molecule has 0 saturated heterocycles. The van der Waals surface area contributed by atoms with Crippen molar-refractivity contribution in [3.05, 3.63) is 35.4 Å². The number of carbonyl (C=O) groups excluding carboxylic acids is 1. The number of benzene rings is 1. The third kappa shape index (κ3) is 3.27. The van der Waals surface area contributed by atoms with Gasteiger partial charge in [-0.15, -0.1) is 0 Å². The lowest BCUT2D eigenvalue weighted by atomic mass is 10.1. The Morgan fingerprint density at radius 1 is 1.50 bits per heavy atom. The summed E-state index contributed by atoms with van der Waals surface area (Å²) in [7, 11) is 0. The molecule has 88 valence electrons. The van der Waals surface area contributed by atoms with Gasteiger partial charge in [-0.2, -0.15) is 0 Å². The first-order valence-electron chi connectivity index (χ1n) is 4.91. The van der Waals surface area contributed by atoms with E-state index >= 15 is 0 Å². The summed E-state index contributed by atoms with van der Waals surface area (Å²) in [5, 5.41) is 11.1. The molecule has 0 saturated carbocycles. The highest BCUT2D eigenvalue weighted by atomic mass is 19.1. The summed E-state index contributed by atoms with van der Waals surface area (Å²) in [6.45, 7) is 1.63. The normalized spacial score (nSPS) is 12.2. The van der Waals surface area contributed by atoms with E-state index in [-0.39, 0.29) is 18.2 Å². The third-order valence-electron chi connectivity index (χ3n) is 2.12. The van der Waals surface area contributed by atoms with E-state index < -0.39 is 17.5 Å². The molecule has 5 heteroatoms. The number of amides is 1. The first-order valence-corrected chi connectivity index (χ1v) is 4.91. The molecule has 0 aliphatic carbocycles. The van der Waals surface area contributed by atoms with E-state index in [1.54, 1.807) is 6.92 Å². The molecule has 1 atom stereocenters. The van der Waals surface area contributed by atoms with Gasteiger partial charge in [-0.3, -0.25) is 4.79 Å². The second-order valence-electron chi connectivity index (χ2n) is 3.51. The Labute approximate surface area is 92.1 Å². The zero-order valence-corrected chi connectivity index (χ0v) is 8.84. The number of aliphatic hydroxyl groups excluding tert-OH is 1. The Morgan fingerprint density at radius 2 is 2.19 bits per heavy atom. The number of halogens is 2. The minimum atomic E-state index is -0.895. The van der Waals surface area contributed by atoms with E-state index in [0.29, 0.717) is 12.5 Å². The highest BCUT2D eigenvalue weighted by Crippen LogP contribution is 2.09. The van der Waals surface area contributed by atoms with Gasteiger partial charge in [-0.25, -0.2) is 8.78 Å². The molecule has 1 aromatic carbocycles. The Morgan fingerprint density at radius 3 is 2.75 bits per heavy atom. The fourth-order valence-electron chi connectivity index (χ4n) is 1.24. The molecule has 1 amide bonds. The van der Waals surface area contributed by atoms with Gasteiger partial charge in [-0.05, 0) is 25.5 Å². The largest absolute Gasteiger partial charge is 0.396 e. The van der Waals surface area contributed by atoms with E-state index in [1.165, 1.54) is 0 Å². The highest BCUT2D eigenvalue weighted by molar-refractivity contribution is 5.94. The van der Waals surface area contributed by atoms with Gasteiger partial charge < -0.3 is 10.4 Å². The molecule has 0 aliphatic rings. The fraction of sp³-hybridized carbons (Fsp3) is 0.364. The maximum Gasteiger partial charge on any atom is 0.254 e. The quantitative estimate of drug-likeness (QED) is 0.821. The Kier molecular flexibility index (Phi) is 4.37. The summed E-state index contributed by atoms with van der Waals surface area (Å²) in [6, 6.07) is 2.51. The van der Waals surface area contributed by atoms with Crippen LogP contribution < -0.4 is 5.32 Å². The van der Waals surface area contributed by atoms with Gasteiger partial charge in [-0.1, -0.05) is 0 Å². The summed E-state index contributed by atoms with van der Waals surface area (Å²) >= 11 is 0. The number of hydrogen-bond donors (Lipinski definition) is 2. The molecule has 0 aliphatic heterocycles. The van der Waals surface area contributed by atoms with Gasteiger partial charge in [0.15, 0.2) is 0 Å². The van der Waals surface area contributed by atoms with Crippen molar-refractivity contribution >= 4 is 5.91 Å². The van der Waals surface area contributed by atoms with Crippen molar-refractivity contribution in [1.29, 1.82) is 0 Å². The molecule has 0 bridgehead atoms. The van der Waals surface area contributed by atoms with Crippen LogP contribution in [0, 0.1) is 11.6 Å². The lowest BCUT2D eigenvalue weighted by Gasteiger charge is -2.12. The van der Waals surface area contributed by atoms with Crippen molar-refractivity contribution in [3.63, 3.8) is 0 Å². The van der Waals surface area contributed by atoms with Crippen molar-refractivity contribution < 1.29 is 18.7 Å². The van der Waals surface area contributed by atoms with Crippen LogP contribution in [0.5, 0.6) is 0 Å². The van der Waals surface area contributed by atoms with E-state index in [1.807, 2.05) is 0 Å². The molecular weight excluding hydrogens is 216 g/mol. The summed E-state index contributed by atoms with van der Waals surface area (Å²) in [6.07, 6.45) is 0.383. The topological polar surface area (TPSA) is 49.3 Å². The van der Waals surface area contributed by atoms with E-state index in [4.69, 9.17) is 5.11 Å². The minimum absolute atomic E-state index is 0.0622. The van der Waals surface area contributed by atoms with Crippen LogP contribution in [0.3, 0.4) is 0 Å². The number of hydrogen-bond acceptors (Lipinski definition) is 2. The minimum Gasteiger partial charge on any atom is -0.396 e. The third-order valence-corrected chi connectivity index (χ3v) is 2.12. The smallest absolute Gasteiger partial charge is 0.254 e. The maximum atomic E-state index is 13.2. The first kappa shape index (κ1) is 12.6. The van der Waals surface area contributed by atoms with Gasteiger partial charge >= 0.3 is 0 Å². The second kappa shape index (κ2) is 5.55. The molecule has 1 aromatic rings. The van der Waals surface area contributed by atoms with Crippen molar-refractivity contribution in [2.45, 2.75) is 19.4 Å². The summed E-state index contributed by atoms with van der Waals surface area (Å²) in [4.78, 5) is 11.5. The predicted molar refractivity (Wildman–Crippen MR) is 55.0 cm³/mol. The number of carbonyl (C=O) groups is 1. The summed E-state index contributed by atoms with van der Waals surface area (Å²) in [5.41, 5.74) is -0.203. The Bertz CT molecular complexity index is 382. The molecule has 2 N–H and O–H groups in total. The van der Waals surface area contributed by atoms with Gasteiger partial charge in [0.25, 0.3) is 5.91 Å². The molecule has 1 unspecified atom stereocenters. The lowest BCUT2D eigenvalue weighted by Crippen LogP contribution is -2.33. The molecule has 1 rings (SSSR count). The van der Waals surface area contributed by atoms with Crippen LogP contribution in [0.1, 0.15) is 23.7 Å². The van der Waals surface area contributed by atoms with Crippen LogP contribution in [0.25, 0.3) is 0 Å². The van der Waals surface area contributed by atoms with E-state index in [0.717, 1.165) is 12.1 Å². The SMILES string of the molecule is CC(CCO)NC(=O)c1ccc(F)cc1F. The maximum absolute atomic E-state index is 13.2. The second-order valence-corrected chi connectivity index (χ2v) is 3.51. The average Bonchev–Trinajstić information content (AvgIpc) is 2.17. The fourth-order valence-corrected chi connectivity index (χ4v) is 1.24. The molecule has 3 nitrogen and oxygen atoms in total. The standard InChI is InChI=1S/C11H13F2NO2/c1-7(4-5-15)14-11(16)9-3-2-8(12)6-10(9)13/h2-3,6-7,15H,4-5H2,1H3,(H,14,16). The molecule has 0 heterocycles. The van der Waals surface area contributed by atoms with Crippen LogP contribution in [0.2, 0.25) is 0 Å². The van der Waals surface area contributed by atoms with Gasteiger partial charge in [0.2, 0.25) is 0 Å². The number of rotatable bonds is 4. The van der Waals surface area contributed by atoms with Crippen molar-refractivity contribution in [2.24, 2.45) is 0 Å². The number of aliphatic hydroxyl groups is 1. The van der Waals surface area contributed by atoms with E-state index in [9.17, 15) is 13.6 Å². The van der Waals surface area contributed by atoms with E-state index in [2.05, 4.69) is 5.32 Å². The zero-order chi connectivity index (χ0) is 12.1. The summed E-state index contributed by atoms with van der Waals surface area (Å²) in [5.74, 6) is -2.23. The average molecular weight is 229 g/mol. The zero-order valence-electron chi connectivity index (χ0n) is 8.84. The highest BCUT2D eigenvalue weighted by Gasteiger charge is 2.14. The van der Waals surface area contributed by atoms with Gasteiger partial charge in [0.1, 0.15) is 11.6 Å². The van der Waals surface area contributed by atoms with Crippen LogP contribution in [-0.4, -0.2) is 23.7 Å². The molecule has 0 fully saturated rings. The van der Waals surface area contributed by atoms with Crippen LogP contribution >= 0.6 is 0 Å². The van der Waals surface area contributed by atoms with Crippen molar-refractivity contribution in [3.8, 4) is 0 Å².